The number of para-hydroxylation sites is 1. The van der Waals surface area contributed by atoms with Crippen molar-refractivity contribution in [1.29, 1.82) is 0 Å². The Bertz CT molecular complexity index is 385. The van der Waals surface area contributed by atoms with E-state index in [1.165, 1.54) is 0 Å². The summed E-state index contributed by atoms with van der Waals surface area (Å²) in [5, 5.41) is 13.4. The first-order chi connectivity index (χ1) is 6.42. The van der Waals surface area contributed by atoms with Gasteiger partial charge in [0, 0.05) is 6.07 Å². The molecule has 0 atom stereocenters. The highest BCUT2D eigenvalue weighted by Gasteiger charge is 2.07. The van der Waals surface area contributed by atoms with E-state index in [1.54, 1.807) is 13.2 Å². The summed E-state index contributed by atoms with van der Waals surface area (Å²) in [7, 11) is 1.58. The van der Waals surface area contributed by atoms with Crippen LogP contribution in [0, 0.1) is 6.07 Å². The molecule has 1 radical (unpaired) electrons. The molecule has 0 fully saturated rings. The van der Waals surface area contributed by atoms with Crippen LogP contribution in [0.5, 0.6) is 5.75 Å². The maximum absolute atomic E-state index is 5.10. The van der Waals surface area contributed by atoms with Crippen LogP contribution in [-0.2, 0) is 0 Å². The molecule has 1 aromatic carbocycles. The van der Waals surface area contributed by atoms with Gasteiger partial charge in [0.2, 0.25) is 0 Å². The first-order valence-electron chi connectivity index (χ1n) is 3.70. The average molecular weight is 175 g/mol. The first-order valence-corrected chi connectivity index (χ1v) is 3.70. The van der Waals surface area contributed by atoms with Gasteiger partial charge in [0.05, 0.1) is 12.7 Å². The molecule has 0 saturated carbocycles. The van der Waals surface area contributed by atoms with Crippen LogP contribution < -0.4 is 4.74 Å². The van der Waals surface area contributed by atoms with Crippen molar-refractivity contribution in [3.8, 4) is 17.1 Å². The highest BCUT2D eigenvalue weighted by atomic mass is 16.5. The quantitative estimate of drug-likeness (QED) is 0.728. The van der Waals surface area contributed by atoms with Gasteiger partial charge in [-0.3, -0.25) is 0 Å². The van der Waals surface area contributed by atoms with Crippen molar-refractivity contribution in [3.05, 3.63) is 24.3 Å². The molecule has 1 aromatic heterocycles. The lowest BCUT2D eigenvalue weighted by molar-refractivity contribution is 0.415. The van der Waals surface area contributed by atoms with E-state index < -0.39 is 0 Å². The monoisotopic (exact) mass is 175 g/mol. The number of hydrogen-bond donors (Lipinski definition) is 1. The molecule has 5 nitrogen and oxygen atoms in total. The number of nitrogens with one attached hydrogen (secondary N) is 1. The number of methoxy groups -OCH3 is 1. The standard InChI is InChI=1S/C8H7N4O/c1-13-7-5-3-2-4-6(7)8-9-11-12-10-8/h2-4H,1H3,(H,9,10,11,12). The Morgan fingerprint density at radius 3 is 3.15 bits per heavy atom. The van der Waals surface area contributed by atoms with E-state index in [-0.39, 0.29) is 0 Å². The smallest absolute Gasteiger partial charge is 0.183 e. The van der Waals surface area contributed by atoms with Crippen molar-refractivity contribution in [2.75, 3.05) is 7.11 Å². The third kappa shape index (κ3) is 1.35. The van der Waals surface area contributed by atoms with E-state index >= 15 is 0 Å². The third-order valence-corrected chi connectivity index (χ3v) is 1.62. The summed E-state index contributed by atoms with van der Waals surface area (Å²) >= 11 is 0. The molecule has 0 unspecified atom stereocenters. The number of tetrazole rings is 1. The Kier molecular flexibility index (Phi) is 1.91. The molecule has 0 spiro atoms. The second kappa shape index (κ2) is 3.22. The third-order valence-electron chi connectivity index (χ3n) is 1.62. The van der Waals surface area contributed by atoms with Crippen LogP contribution in [0.3, 0.4) is 0 Å². The summed E-state index contributed by atoms with van der Waals surface area (Å²) in [5.74, 6) is 1.20. The fraction of sp³-hybridized carbons (Fsp3) is 0.125. The number of aromatic nitrogens is 4. The summed E-state index contributed by atoms with van der Waals surface area (Å²) in [6, 6.07) is 8.41. The topological polar surface area (TPSA) is 63.7 Å². The maximum atomic E-state index is 5.10. The minimum atomic E-state index is 0.578. The predicted molar refractivity (Wildman–Crippen MR) is 45.0 cm³/mol. The van der Waals surface area contributed by atoms with E-state index in [1.807, 2.05) is 12.1 Å². The molecule has 13 heavy (non-hydrogen) atoms. The van der Waals surface area contributed by atoms with Crippen LogP contribution in [-0.4, -0.2) is 27.7 Å². The lowest BCUT2D eigenvalue weighted by atomic mass is 10.2. The molecular weight excluding hydrogens is 168 g/mol. The van der Waals surface area contributed by atoms with Crippen LogP contribution in [0.15, 0.2) is 18.2 Å². The summed E-state index contributed by atoms with van der Waals surface area (Å²) in [4.78, 5) is 0. The van der Waals surface area contributed by atoms with E-state index in [4.69, 9.17) is 4.74 Å². The van der Waals surface area contributed by atoms with Gasteiger partial charge >= 0.3 is 0 Å². The van der Waals surface area contributed by atoms with Gasteiger partial charge in [-0.05, 0) is 16.5 Å². The number of hydrogen-bond acceptors (Lipinski definition) is 4. The van der Waals surface area contributed by atoms with Gasteiger partial charge in [0.1, 0.15) is 5.75 Å². The summed E-state index contributed by atoms with van der Waals surface area (Å²) in [6.07, 6.45) is 0. The van der Waals surface area contributed by atoms with E-state index in [0.29, 0.717) is 11.6 Å². The maximum Gasteiger partial charge on any atom is 0.183 e. The Morgan fingerprint density at radius 1 is 1.54 bits per heavy atom. The normalized spacial score (nSPS) is 9.92. The molecule has 65 valence electrons. The number of ether oxygens (including phenoxy) is 1. The first kappa shape index (κ1) is 7.72. The number of rotatable bonds is 2. The SMILES string of the molecule is COc1[c]cccc1-c1nnn[nH]1. The molecule has 2 rings (SSSR count). The zero-order valence-corrected chi connectivity index (χ0v) is 6.98. The largest absolute Gasteiger partial charge is 0.495 e. The number of nitrogens with zero attached hydrogens (tertiary/aromatic N) is 3. The molecule has 0 aliphatic rings. The number of H-pyrrole nitrogens is 1. The highest BCUT2D eigenvalue weighted by molar-refractivity contribution is 5.62. The zero-order chi connectivity index (χ0) is 9.10. The van der Waals surface area contributed by atoms with Gasteiger partial charge in [-0.1, -0.05) is 12.1 Å². The Hall–Kier alpha value is -1.91. The molecule has 0 aliphatic heterocycles. The lowest BCUT2D eigenvalue weighted by Crippen LogP contribution is -1.88. The van der Waals surface area contributed by atoms with E-state index in [0.717, 1.165) is 5.56 Å². The Morgan fingerprint density at radius 2 is 2.46 bits per heavy atom. The second-order valence-electron chi connectivity index (χ2n) is 2.37. The van der Waals surface area contributed by atoms with Crippen molar-refractivity contribution in [2.24, 2.45) is 0 Å². The Labute approximate surface area is 74.7 Å². The highest BCUT2D eigenvalue weighted by Crippen LogP contribution is 2.24. The minimum Gasteiger partial charge on any atom is -0.495 e. The number of benzene rings is 1. The molecule has 0 amide bonds. The summed E-state index contributed by atoms with van der Waals surface area (Å²) in [6.45, 7) is 0. The van der Waals surface area contributed by atoms with Crippen LogP contribution >= 0.6 is 0 Å². The second-order valence-corrected chi connectivity index (χ2v) is 2.37. The fourth-order valence-electron chi connectivity index (χ4n) is 1.05. The lowest BCUT2D eigenvalue weighted by Gasteiger charge is -2.02. The molecule has 1 heterocycles. The van der Waals surface area contributed by atoms with Crippen LogP contribution in [0.2, 0.25) is 0 Å². The van der Waals surface area contributed by atoms with Gasteiger partial charge in [0.15, 0.2) is 5.82 Å². The zero-order valence-electron chi connectivity index (χ0n) is 6.98. The molecule has 0 bridgehead atoms. The van der Waals surface area contributed by atoms with Gasteiger partial charge in [-0.25, -0.2) is 5.10 Å². The van der Waals surface area contributed by atoms with Gasteiger partial charge in [-0.2, -0.15) is 0 Å². The van der Waals surface area contributed by atoms with Gasteiger partial charge in [-0.15, -0.1) is 5.10 Å². The van der Waals surface area contributed by atoms with Crippen molar-refractivity contribution >= 4 is 0 Å². The molecule has 2 aromatic rings. The van der Waals surface area contributed by atoms with E-state index in [2.05, 4.69) is 26.7 Å². The fourth-order valence-corrected chi connectivity index (χ4v) is 1.05. The van der Waals surface area contributed by atoms with E-state index in [9.17, 15) is 0 Å². The molecule has 5 heteroatoms. The minimum absolute atomic E-state index is 0.578. The number of aromatic amines is 1. The van der Waals surface area contributed by atoms with Gasteiger partial charge in [0.25, 0.3) is 0 Å². The van der Waals surface area contributed by atoms with Crippen LogP contribution in [0.25, 0.3) is 11.4 Å². The van der Waals surface area contributed by atoms with Crippen molar-refractivity contribution in [3.63, 3.8) is 0 Å². The molecule has 1 N–H and O–H groups in total. The molecule has 0 saturated heterocycles. The van der Waals surface area contributed by atoms with Gasteiger partial charge < -0.3 is 4.74 Å². The van der Waals surface area contributed by atoms with Crippen molar-refractivity contribution in [2.45, 2.75) is 0 Å². The van der Waals surface area contributed by atoms with Crippen LogP contribution in [0.1, 0.15) is 0 Å². The van der Waals surface area contributed by atoms with Crippen molar-refractivity contribution < 1.29 is 4.74 Å². The summed E-state index contributed by atoms with van der Waals surface area (Å²) in [5.41, 5.74) is 0.801. The Balaban J connectivity index is 2.51. The molecule has 0 aliphatic carbocycles. The molecular formula is C8H7N4O. The predicted octanol–water partition coefficient (Wildman–Crippen LogP) is 0.675. The van der Waals surface area contributed by atoms with Crippen LogP contribution in [0.4, 0.5) is 0 Å². The summed E-state index contributed by atoms with van der Waals surface area (Å²) < 4.78 is 5.10. The van der Waals surface area contributed by atoms with Crippen molar-refractivity contribution in [1.82, 2.24) is 20.6 Å². The average Bonchev–Trinajstić information content (AvgIpc) is 2.70.